The number of hydrogen-bond acceptors (Lipinski definition) is 9. The van der Waals surface area contributed by atoms with Gasteiger partial charge in [0.25, 0.3) is 5.56 Å². The lowest BCUT2D eigenvalue weighted by Crippen LogP contribution is -2.40. The van der Waals surface area contributed by atoms with Gasteiger partial charge in [0.2, 0.25) is 0 Å². The topological polar surface area (TPSA) is 97.6 Å². The first kappa shape index (κ1) is 26.0. The van der Waals surface area contributed by atoms with Crippen LogP contribution in [-0.4, -0.2) is 45.6 Å². The zero-order valence-electron chi connectivity index (χ0n) is 21.5. The van der Waals surface area contributed by atoms with Gasteiger partial charge in [0, 0.05) is 5.56 Å². The number of benzene rings is 2. The van der Waals surface area contributed by atoms with Gasteiger partial charge in [-0.25, -0.2) is 9.79 Å². The first-order chi connectivity index (χ1) is 17.9. The number of nitrogens with zero attached hydrogens (tertiary/aromatic N) is 2. The fraction of sp³-hybridized carbons (Fsp3) is 0.296. The fourth-order valence-electron chi connectivity index (χ4n) is 4.23. The minimum absolute atomic E-state index is 0.182. The van der Waals surface area contributed by atoms with Crippen LogP contribution in [-0.2, 0) is 9.53 Å². The zero-order chi connectivity index (χ0) is 26.7. The summed E-state index contributed by atoms with van der Waals surface area (Å²) >= 11 is 1.23. The van der Waals surface area contributed by atoms with Crippen molar-refractivity contribution in [3.63, 3.8) is 0 Å². The highest BCUT2D eigenvalue weighted by atomic mass is 32.1. The summed E-state index contributed by atoms with van der Waals surface area (Å²) in [6.45, 7) is 3.64. The van der Waals surface area contributed by atoms with Gasteiger partial charge < -0.3 is 23.7 Å². The first-order valence-electron chi connectivity index (χ1n) is 11.5. The van der Waals surface area contributed by atoms with Gasteiger partial charge in [0.1, 0.15) is 17.5 Å². The third-order valence-corrected chi connectivity index (χ3v) is 6.94. The summed E-state index contributed by atoms with van der Waals surface area (Å²) in [6.07, 6.45) is 1.76. The molecule has 1 aliphatic heterocycles. The average molecular weight is 525 g/mol. The molecule has 4 rings (SSSR count). The maximum atomic E-state index is 13.8. The molecular formula is C27H28N2O7S. The number of methoxy groups -OCH3 is 4. The molecule has 0 radical (unpaired) electrons. The molecule has 0 spiro atoms. The molecule has 1 aliphatic rings. The van der Waals surface area contributed by atoms with E-state index >= 15 is 0 Å². The van der Waals surface area contributed by atoms with E-state index in [2.05, 4.69) is 4.99 Å². The Morgan fingerprint density at radius 1 is 1.00 bits per heavy atom. The second-order valence-electron chi connectivity index (χ2n) is 8.02. The number of rotatable bonds is 8. The highest BCUT2D eigenvalue weighted by molar-refractivity contribution is 7.07. The van der Waals surface area contributed by atoms with Crippen molar-refractivity contribution in [1.29, 1.82) is 0 Å². The van der Waals surface area contributed by atoms with Gasteiger partial charge in [-0.2, -0.15) is 0 Å². The number of ether oxygens (including phenoxy) is 5. The Morgan fingerprint density at radius 3 is 2.35 bits per heavy atom. The van der Waals surface area contributed by atoms with E-state index in [4.69, 9.17) is 23.7 Å². The van der Waals surface area contributed by atoms with Gasteiger partial charge in [0.05, 0.1) is 50.8 Å². The van der Waals surface area contributed by atoms with Crippen LogP contribution >= 0.6 is 11.3 Å². The Labute approximate surface area is 217 Å². The molecule has 2 aromatic carbocycles. The van der Waals surface area contributed by atoms with Crippen molar-refractivity contribution in [2.75, 3.05) is 35.0 Å². The molecule has 0 unspecified atom stereocenters. The van der Waals surface area contributed by atoms with Crippen molar-refractivity contribution >= 4 is 23.4 Å². The molecule has 0 N–H and O–H groups in total. The molecule has 37 heavy (non-hydrogen) atoms. The standard InChI is InChI=1S/C27H28N2O7S/c1-7-36-26(31)23-15(2)28-27-29(24(23)18-14-17(32-3)9-11-19(18)33-4)25(30)22(37-27)13-16-8-10-20(34-5)21(12-16)35-6/h8-14,24H,7H2,1-6H3/b22-13+/t24-/m1/s1. The number of hydrogen-bond donors (Lipinski definition) is 0. The Kier molecular flexibility index (Phi) is 7.68. The third kappa shape index (κ3) is 4.84. The number of carbonyl (C=O) groups is 1. The molecule has 1 aromatic heterocycles. The summed E-state index contributed by atoms with van der Waals surface area (Å²) in [5, 5.41) is 0. The van der Waals surface area contributed by atoms with Crippen LogP contribution in [0.2, 0.25) is 0 Å². The predicted molar refractivity (Wildman–Crippen MR) is 139 cm³/mol. The monoisotopic (exact) mass is 524 g/mol. The molecule has 2 heterocycles. The Bertz CT molecular complexity index is 1550. The largest absolute Gasteiger partial charge is 0.497 e. The maximum absolute atomic E-state index is 13.8. The van der Waals surface area contributed by atoms with Crippen molar-refractivity contribution in [3.05, 3.63) is 78.5 Å². The molecule has 0 bridgehead atoms. The average Bonchev–Trinajstić information content (AvgIpc) is 3.21. The number of thiazole rings is 1. The summed E-state index contributed by atoms with van der Waals surface area (Å²) < 4.78 is 29.1. The van der Waals surface area contributed by atoms with Gasteiger partial charge in [0.15, 0.2) is 16.3 Å². The van der Waals surface area contributed by atoms with Gasteiger partial charge in [-0.1, -0.05) is 17.4 Å². The molecular weight excluding hydrogens is 496 g/mol. The lowest BCUT2D eigenvalue weighted by molar-refractivity contribution is -0.139. The van der Waals surface area contributed by atoms with E-state index in [1.54, 1.807) is 71.6 Å². The molecule has 1 atom stereocenters. The Hall–Kier alpha value is -4.05. The van der Waals surface area contributed by atoms with E-state index in [0.717, 1.165) is 5.56 Å². The van der Waals surface area contributed by atoms with Gasteiger partial charge in [-0.3, -0.25) is 9.36 Å². The molecule has 0 aliphatic carbocycles. The lowest BCUT2D eigenvalue weighted by atomic mass is 9.94. The van der Waals surface area contributed by atoms with Crippen LogP contribution in [0.4, 0.5) is 0 Å². The van der Waals surface area contributed by atoms with E-state index in [1.165, 1.54) is 23.0 Å². The smallest absolute Gasteiger partial charge is 0.338 e. The molecule has 0 amide bonds. The lowest BCUT2D eigenvalue weighted by Gasteiger charge is -2.26. The second-order valence-corrected chi connectivity index (χ2v) is 9.03. The van der Waals surface area contributed by atoms with Crippen LogP contribution in [0.3, 0.4) is 0 Å². The number of esters is 1. The van der Waals surface area contributed by atoms with Crippen LogP contribution in [0.1, 0.15) is 31.0 Å². The third-order valence-electron chi connectivity index (χ3n) is 5.95. The summed E-state index contributed by atoms with van der Waals surface area (Å²) in [4.78, 5) is 32.1. The normalized spacial score (nSPS) is 15.1. The van der Waals surface area contributed by atoms with Crippen molar-refractivity contribution < 1.29 is 28.5 Å². The highest BCUT2D eigenvalue weighted by Gasteiger charge is 2.35. The summed E-state index contributed by atoms with van der Waals surface area (Å²) in [7, 11) is 6.20. The van der Waals surface area contributed by atoms with Crippen LogP contribution in [0.5, 0.6) is 23.0 Å². The summed E-state index contributed by atoms with van der Waals surface area (Å²) in [5.41, 5.74) is 1.76. The van der Waals surface area contributed by atoms with Crippen molar-refractivity contribution in [3.8, 4) is 23.0 Å². The summed E-state index contributed by atoms with van der Waals surface area (Å²) in [6, 6.07) is 9.82. The summed E-state index contributed by atoms with van der Waals surface area (Å²) in [5.74, 6) is 1.63. The number of aromatic nitrogens is 1. The van der Waals surface area contributed by atoms with Crippen molar-refractivity contribution in [2.45, 2.75) is 19.9 Å². The molecule has 10 heteroatoms. The van der Waals surface area contributed by atoms with Crippen molar-refractivity contribution in [1.82, 2.24) is 4.57 Å². The number of allylic oxidation sites excluding steroid dienone is 1. The highest BCUT2D eigenvalue weighted by Crippen LogP contribution is 2.38. The minimum atomic E-state index is -0.826. The molecule has 3 aromatic rings. The van der Waals surface area contributed by atoms with Gasteiger partial charge in [-0.15, -0.1) is 0 Å². The van der Waals surface area contributed by atoms with E-state index in [1.807, 2.05) is 6.07 Å². The predicted octanol–water partition coefficient (Wildman–Crippen LogP) is 2.83. The van der Waals surface area contributed by atoms with Crippen LogP contribution < -0.4 is 33.8 Å². The van der Waals surface area contributed by atoms with Crippen molar-refractivity contribution in [2.24, 2.45) is 4.99 Å². The molecule has 0 saturated heterocycles. The van der Waals surface area contributed by atoms with Crippen LogP contribution in [0, 0.1) is 0 Å². The van der Waals surface area contributed by atoms with Crippen LogP contribution in [0.15, 0.2) is 57.5 Å². The van der Waals surface area contributed by atoms with E-state index in [-0.39, 0.29) is 17.7 Å². The Morgan fingerprint density at radius 2 is 1.70 bits per heavy atom. The molecule has 194 valence electrons. The minimum Gasteiger partial charge on any atom is -0.497 e. The maximum Gasteiger partial charge on any atom is 0.338 e. The quantitative estimate of drug-likeness (QED) is 0.418. The SMILES string of the molecule is CCOC(=O)C1=C(C)N=c2s/c(=C/c3ccc(OC)c(OC)c3)c(=O)n2[C@@H]1c1cc(OC)ccc1OC. The first-order valence-corrected chi connectivity index (χ1v) is 12.3. The number of carbonyl (C=O) groups excluding carboxylic acids is 1. The Balaban J connectivity index is 1.99. The van der Waals surface area contributed by atoms with Gasteiger partial charge in [-0.05, 0) is 55.8 Å². The molecule has 9 nitrogen and oxygen atoms in total. The second kappa shape index (κ2) is 10.9. The molecule has 0 saturated carbocycles. The van der Waals surface area contributed by atoms with E-state index in [0.29, 0.717) is 43.6 Å². The van der Waals surface area contributed by atoms with E-state index in [9.17, 15) is 9.59 Å². The fourth-order valence-corrected chi connectivity index (χ4v) is 5.28. The molecule has 0 fully saturated rings. The van der Waals surface area contributed by atoms with Gasteiger partial charge >= 0.3 is 5.97 Å². The van der Waals surface area contributed by atoms with E-state index < -0.39 is 12.0 Å². The number of fused-ring (bicyclic) bond motifs is 1. The zero-order valence-corrected chi connectivity index (χ0v) is 22.3. The van der Waals surface area contributed by atoms with Crippen LogP contribution in [0.25, 0.3) is 6.08 Å².